The number of alkyl carbamates (subject to hydrolysis) is 1. The maximum atomic E-state index is 13.8. The Hall–Kier alpha value is -3.39. The Labute approximate surface area is 214 Å². The first kappa shape index (κ1) is 28.8. The zero-order chi connectivity index (χ0) is 26.7. The molecule has 3 amide bonds. The van der Waals surface area contributed by atoms with E-state index in [-0.39, 0.29) is 31.5 Å². The quantitative estimate of drug-likeness (QED) is 0.438. The molecule has 2 aromatic carbocycles. The SMILES string of the molecule is CC(C)CC(NC(=O)OC(C)(C)C)C(=O)N(CCO)C(C(=O)NCc1ccccc1)c1ccccc1. The van der Waals surface area contributed by atoms with E-state index in [1.165, 1.54) is 4.90 Å². The second-order valence-electron chi connectivity index (χ2n) is 10.1. The lowest BCUT2D eigenvalue weighted by Crippen LogP contribution is -2.54. The van der Waals surface area contributed by atoms with Crippen LogP contribution in [0.1, 0.15) is 58.2 Å². The normalized spacial score (nSPS) is 13.0. The number of nitrogens with one attached hydrogen (secondary N) is 2. The maximum Gasteiger partial charge on any atom is 0.408 e. The summed E-state index contributed by atoms with van der Waals surface area (Å²) < 4.78 is 5.37. The maximum absolute atomic E-state index is 13.8. The van der Waals surface area contributed by atoms with E-state index in [1.54, 1.807) is 45.0 Å². The molecule has 36 heavy (non-hydrogen) atoms. The molecule has 2 atom stereocenters. The van der Waals surface area contributed by atoms with Crippen molar-refractivity contribution in [1.29, 1.82) is 0 Å². The summed E-state index contributed by atoms with van der Waals surface area (Å²) in [5, 5.41) is 15.4. The minimum atomic E-state index is -0.996. The summed E-state index contributed by atoms with van der Waals surface area (Å²) in [5.41, 5.74) is 0.789. The molecule has 196 valence electrons. The van der Waals surface area contributed by atoms with E-state index in [2.05, 4.69) is 10.6 Å². The summed E-state index contributed by atoms with van der Waals surface area (Å²) in [4.78, 5) is 41.2. The van der Waals surface area contributed by atoms with Crippen LogP contribution in [0.25, 0.3) is 0 Å². The number of aliphatic hydroxyl groups is 1. The van der Waals surface area contributed by atoms with Crippen LogP contribution < -0.4 is 10.6 Å². The highest BCUT2D eigenvalue weighted by molar-refractivity contribution is 5.92. The second-order valence-corrected chi connectivity index (χ2v) is 10.1. The van der Waals surface area contributed by atoms with Crippen LogP contribution in [-0.2, 0) is 20.9 Å². The standard InChI is InChI=1S/C28H39N3O5/c1-20(2)18-23(30-27(35)36-28(3,4)5)26(34)31(16-17-32)24(22-14-10-7-11-15-22)25(33)29-19-21-12-8-6-9-13-21/h6-15,20,23-24,32H,16-19H2,1-5H3,(H,29,33)(H,30,35). The van der Waals surface area contributed by atoms with Crippen molar-refractivity contribution in [1.82, 2.24) is 15.5 Å². The lowest BCUT2D eigenvalue weighted by Gasteiger charge is -2.34. The van der Waals surface area contributed by atoms with Gasteiger partial charge >= 0.3 is 6.09 Å². The van der Waals surface area contributed by atoms with Gasteiger partial charge in [0.25, 0.3) is 0 Å². The Morgan fingerprint density at radius 1 is 0.972 bits per heavy atom. The van der Waals surface area contributed by atoms with E-state index in [0.717, 1.165) is 5.56 Å². The van der Waals surface area contributed by atoms with Gasteiger partial charge in [0.15, 0.2) is 0 Å². The number of nitrogens with zero attached hydrogens (tertiary/aromatic N) is 1. The molecule has 0 aromatic heterocycles. The Morgan fingerprint density at radius 3 is 2.08 bits per heavy atom. The van der Waals surface area contributed by atoms with Crippen LogP contribution in [0.15, 0.2) is 60.7 Å². The van der Waals surface area contributed by atoms with Gasteiger partial charge in [0.1, 0.15) is 17.7 Å². The van der Waals surface area contributed by atoms with Gasteiger partial charge in [-0.1, -0.05) is 74.5 Å². The fourth-order valence-corrected chi connectivity index (χ4v) is 3.81. The number of ether oxygens (including phenoxy) is 1. The van der Waals surface area contributed by atoms with Crippen LogP contribution in [0.4, 0.5) is 4.79 Å². The van der Waals surface area contributed by atoms with Gasteiger partial charge in [0.05, 0.1) is 6.61 Å². The molecule has 0 bridgehead atoms. The van der Waals surface area contributed by atoms with E-state index in [1.807, 2.05) is 50.2 Å². The highest BCUT2D eigenvalue weighted by atomic mass is 16.6. The number of carbonyl (C=O) groups excluding carboxylic acids is 3. The molecule has 8 heteroatoms. The third kappa shape index (κ3) is 9.34. The monoisotopic (exact) mass is 497 g/mol. The summed E-state index contributed by atoms with van der Waals surface area (Å²) in [6.07, 6.45) is -0.372. The van der Waals surface area contributed by atoms with Gasteiger partial charge in [0, 0.05) is 13.1 Å². The number of hydrogen-bond donors (Lipinski definition) is 3. The average molecular weight is 498 g/mol. The third-order valence-electron chi connectivity index (χ3n) is 5.31. The largest absolute Gasteiger partial charge is 0.444 e. The van der Waals surface area contributed by atoms with Crippen molar-refractivity contribution in [3.63, 3.8) is 0 Å². The molecule has 0 fully saturated rings. The average Bonchev–Trinajstić information content (AvgIpc) is 2.81. The van der Waals surface area contributed by atoms with E-state index in [9.17, 15) is 19.5 Å². The number of rotatable bonds is 11. The molecule has 0 aliphatic rings. The van der Waals surface area contributed by atoms with Gasteiger partial charge in [-0.05, 0) is 44.2 Å². The molecule has 0 aliphatic carbocycles. The van der Waals surface area contributed by atoms with Crippen molar-refractivity contribution < 1.29 is 24.2 Å². The molecule has 3 N–H and O–H groups in total. The molecule has 0 spiro atoms. The van der Waals surface area contributed by atoms with Crippen LogP contribution in [0, 0.1) is 5.92 Å². The fourth-order valence-electron chi connectivity index (χ4n) is 3.81. The first-order valence-electron chi connectivity index (χ1n) is 12.3. The predicted octanol–water partition coefficient (Wildman–Crippen LogP) is 3.80. The summed E-state index contributed by atoms with van der Waals surface area (Å²) in [6.45, 7) is 8.97. The second kappa shape index (κ2) is 13.6. The van der Waals surface area contributed by atoms with Crippen LogP contribution in [-0.4, -0.2) is 52.7 Å². The van der Waals surface area contributed by atoms with Crippen LogP contribution in [0.3, 0.4) is 0 Å². The Balaban J connectivity index is 2.37. The van der Waals surface area contributed by atoms with E-state index >= 15 is 0 Å². The molecule has 0 saturated heterocycles. The molecule has 0 saturated carbocycles. The molecule has 0 heterocycles. The summed E-state index contributed by atoms with van der Waals surface area (Å²) in [7, 11) is 0. The number of benzene rings is 2. The van der Waals surface area contributed by atoms with Crippen LogP contribution >= 0.6 is 0 Å². The molecule has 0 radical (unpaired) electrons. The van der Waals surface area contributed by atoms with Crippen molar-refractivity contribution in [2.75, 3.05) is 13.2 Å². The Bertz CT molecular complexity index is 974. The zero-order valence-electron chi connectivity index (χ0n) is 21.9. The lowest BCUT2D eigenvalue weighted by molar-refractivity contribution is -0.143. The molecule has 2 aromatic rings. The highest BCUT2D eigenvalue weighted by Crippen LogP contribution is 2.24. The minimum absolute atomic E-state index is 0.0759. The molecule has 8 nitrogen and oxygen atoms in total. The van der Waals surface area contributed by atoms with Gasteiger partial charge in [-0.2, -0.15) is 0 Å². The minimum Gasteiger partial charge on any atom is -0.444 e. The van der Waals surface area contributed by atoms with E-state index < -0.39 is 29.7 Å². The Kier molecular flexibility index (Phi) is 10.9. The number of hydrogen-bond acceptors (Lipinski definition) is 5. The van der Waals surface area contributed by atoms with Gasteiger partial charge < -0.3 is 25.4 Å². The Morgan fingerprint density at radius 2 is 1.56 bits per heavy atom. The highest BCUT2D eigenvalue weighted by Gasteiger charge is 2.36. The fraction of sp³-hybridized carbons (Fsp3) is 0.464. The summed E-state index contributed by atoms with van der Waals surface area (Å²) >= 11 is 0. The van der Waals surface area contributed by atoms with E-state index in [4.69, 9.17) is 4.74 Å². The van der Waals surface area contributed by atoms with Gasteiger partial charge in [0.2, 0.25) is 11.8 Å². The van der Waals surface area contributed by atoms with Crippen molar-refractivity contribution >= 4 is 17.9 Å². The number of aliphatic hydroxyl groups excluding tert-OH is 1. The molecular weight excluding hydrogens is 458 g/mol. The third-order valence-corrected chi connectivity index (χ3v) is 5.31. The van der Waals surface area contributed by atoms with Crippen molar-refractivity contribution in [3.8, 4) is 0 Å². The zero-order valence-corrected chi connectivity index (χ0v) is 21.9. The van der Waals surface area contributed by atoms with Crippen molar-refractivity contribution in [3.05, 3.63) is 71.8 Å². The molecule has 2 rings (SSSR count). The van der Waals surface area contributed by atoms with E-state index in [0.29, 0.717) is 12.0 Å². The summed E-state index contributed by atoms with van der Waals surface area (Å²) in [5.74, 6) is -0.772. The van der Waals surface area contributed by atoms with Gasteiger partial charge in [-0.25, -0.2) is 4.79 Å². The molecule has 2 unspecified atom stereocenters. The first-order chi connectivity index (χ1) is 17.0. The van der Waals surface area contributed by atoms with Crippen molar-refractivity contribution in [2.24, 2.45) is 5.92 Å². The van der Waals surface area contributed by atoms with Gasteiger partial charge in [-0.15, -0.1) is 0 Å². The van der Waals surface area contributed by atoms with Crippen LogP contribution in [0.5, 0.6) is 0 Å². The van der Waals surface area contributed by atoms with Gasteiger partial charge in [-0.3, -0.25) is 9.59 Å². The molecular formula is C28H39N3O5. The lowest BCUT2D eigenvalue weighted by atomic mass is 9.99. The van der Waals surface area contributed by atoms with Crippen LogP contribution in [0.2, 0.25) is 0 Å². The smallest absolute Gasteiger partial charge is 0.408 e. The first-order valence-corrected chi connectivity index (χ1v) is 12.3. The summed E-state index contributed by atoms with van der Waals surface area (Å²) in [6, 6.07) is 16.5. The van der Waals surface area contributed by atoms with Crippen molar-refractivity contribution in [2.45, 2.75) is 65.3 Å². The number of amides is 3. The predicted molar refractivity (Wildman–Crippen MR) is 139 cm³/mol. The topological polar surface area (TPSA) is 108 Å². The molecule has 0 aliphatic heterocycles. The number of carbonyl (C=O) groups is 3.